The number of rotatable bonds is 2. The van der Waals surface area contributed by atoms with Gasteiger partial charge in [0.2, 0.25) is 0 Å². The fourth-order valence-electron chi connectivity index (χ4n) is 0.915. The molecule has 1 rings (SSSR count). The third kappa shape index (κ3) is 1.67. The molecule has 0 aliphatic rings. The maximum absolute atomic E-state index is 8.32. The van der Waals surface area contributed by atoms with Crippen LogP contribution in [0.5, 0.6) is 5.75 Å². The van der Waals surface area contributed by atoms with E-state index in [0.29, 0.717) is 5.75 Å². The zero-order valence-electron chi connectivity index (χ0n) is 7.09. The van der Waals surface area contributed by atoms with Gasteiger partial charge in [-0.15, -0.1) is 5.26 Å². The Morgan fingerprint density at radius 3 is 2.83 bits per heavy atom. The number of nitriles is 1. The maximum Gasteiger partial charge on any atom is 0.292 e. The summed E-state index contributed by atoms with van der Waals surface area (Å²) in [6, 6.07) is 5.62. The molecule has 3 heteroatoms. The summed E-state index contributed by atoms with van der Waals surface area (Å²) in [4.78, 5) is 0. The monoisotopic (exact) mass is 162 g/mol. The summed E-state index contributed by atoms with van der Waals surface area (Å²) in [7, 11) is 1.82. The van der Waals surface area contributed by atoms with Crippen LogP contribution in [0.1, 0.15) is 5.56 Å². The van der Waals surface area contributed by atoms with Crippen molar-refractivity contribution in [3.05, 3.63) is 23.8 Å². The van der Waals surface area contributed by atoms with Crippen LogP contribution < -0.4 is 10.1 Å². The van der Waals surface area contributed by atoms with Crippen LogP contribution in [0.3, 0.4) is 0 Å². The van der Waals surface area contributed by atoms with Crippen molar-refractivity contribution in [2.75, 3.05) is 12.4 Å². The molecule has 12 heavy (non-hydrogen) atoms. The lowest BCUT2D eigenvalue weighted by Gasteiger charge is -2.04. The van der Waals surface area contributed by atoms with Gasteiger partial charge in [-0.3, -0.25) is 0 Å². The van der Waals surface area contributed by atoms with Gasteiger partial charge in [0.05, 0.1) is 0 Å². The van der Waals surface area contributed by atoms with Gasteiger partial charge in [0.1, 0.15) is 5.75 Å². The fraction of sp³-hybridized carbons (Fsp3) is 0.222. The Bertz CT molecular complexity index is 315. The van der Waals surface area contributed by atoms with Gasteiger partial charge in [-0.05, 0) is 18.6 Å². The average molecular weight is 162 g/mol. The Morgan fingerprint density at radius 1 is 1.50 bits per heavy atom. The van der Waals surface area contributed by atoms with E-state index in [1.165, 1.54) is 0 Å². The van der Waals surface area contributed by atoms with Gasteiger partial charge in [0.15, 0.2) is 0 Å². The van der Waals surface area contributed by atoms with Crippen molar-refractivity contribution in [2.45, 2.75) is 6.92 Å². The number of anilines is 1. The largest absolute Gasteiger partial charge is 0.388 e. The Hall–Kier alpha value is -1.69. The highest BCUT2D eigenvalue weighted by Crippen LogP contribution is 2.21. The minimum Gasteiger partial charge on any atom is -0.388 e. The van der Waals surface area contributed by atoms with Crippen LogP contribution in [0, 0.1) is 18.4 Å². The predicted octanol–water partition coefficient (Wildman–Crippen LogP) is 1.90. The van der Waals surface area contributed by atoms with Crippen LogP contribution in [0.25, 0.3) is 0 Å². The van der Waals surface area contributed by atoms with Crippen LogP contribution in [-0.4, -0.2) is 7.05 Å². The van der Waals surface area contributed by atoms with Crippen molar-refractivity contribution >= 4 is 5.69 Å². The van der Waals surface area contributed by atoms with E-state index < -0.39 is 0 Å². The molecule has 0 amide bonds. The van der Waals surface area contributed by atoms with Gasteiger partial charge in [0.25, 0.3) is 6.26 Å². The first-order valence-electron chi connectivity index (χ1n) is 3.62. The second kappa shape index (κ2) is 3.63. The Kier molecular flexibility index (Phi) is 2.54. The topological polar surface area (TPSA) is 45.0 Å². The number of ether oxygens (including phenoxy) is 1. The number of aryl methyl sites for hydroxylation is 1. The molecule has 0 saturated carbocycles. The number of hydrogen-bond donors (Lipinski definition) is 1. The van der Waals surface area contributed by atoms with Crippen LogP contribution in [0.15, 0.2) is 18.2 Å². The standard InChI is InChI=1S/C9H10N2O/c1-7-3-4-8(11-2)5-9(7)12-6-10/h3-5,11H,1-2H3. The Morgan fingerprint density at radius 2 is 2.25 bits per heavy atom. The molecular weight excluding hydrogens is 152 g/mol. The minimum atomic E-state index is 0.601. The smallest absolute Gasteiger partial charge is 0.292 e. The summed E-state index contributed by atoms with van der Waals surface area (Å²) in [5.74, 6) is 0.601. The summed E-state index contributed by atoms with van der Waals surface area (Å²) in [6.07, 6.45) is 1.65. The molecule has 0 bridgehead atoms. The molecule has 0 fully saturated rings. The second-order valence-electron chi connectivity index (χ2n) is 2.42. The van der Waals surface area contributed by atoms with Crippen LogP contribution in [0.4, 0.5) is 5.69 Å². The van der Waals surface area contributed by atoms with Crippen molar-refractivity contribution in [1.82, 2.24) is 0 Å². The first-order valence-corrected chi connectivity index (χ1v) is 3.62. The van der Waals surface area contributed by atoms with E-state index in [9.17, 15) is 0 Å². The molecule has 0 radical (unpaired) electrons. The molecule has 0 spiro atoms. The lowest BCUT2D eigenvalue weighted by molar-refractivity contribution is 0.503. The molecule has 0 saturated heterocycles. The van der Waals surface area contributed by atoms with Crippen LogP contribution in [0.2, 0.25) is 0 Å². The van der Waals surface area contributed by atoms with Crippen molar-refractivity contribution < 1.29 is 4.74 Å². The Balaban J connectivity index is 3.01. The molecule has 0 aromatic heterocycles. The van der Waals surface area contributed by atoms with Gasteiger partial charge in [-0.25, -0.2) is 0 Å². The van der Waals surface area contributed by atoms with E-state index in [-0.39, 0.29) is 0 Å². The number of hydrogen-bond acceptors (Lipinski definition) is 3. The van der Waals surface area contributed by atoms with E-state index >= 15 is 0 Å². The highest BCUT2D eigenvalue weighted by atomic mass is 16.5. The van der Waals surface area contributed by atoms with Crippen LogP contribution >= 0.6 is 0 Å². The molecule has 0 heterocycles. The zero-order valence-corrected chi connectivity index (χ0v) is 7.09. The molecule has 1 N–H and O–H groups in total. The van der Waals surface area contributed by atoms with E-state index in [1.807, 2.05) is 26.1 Å². The van der Waals surface area contributed by atoms with Gasteiger partial charge >= 0.3 is 0 Å². The first-order chi connectivity index (χ1) is 5.77. The quantitative estimate of drug-likeness (QED) is 0.675. The molecule has 0 unspecified atom stereocenters. The van der Waals surface area contributed by atoms with E-state index in [0.717, 1.165) is 11.3 Å². The molecule has 1 aromatic carbocycles. The van der Waals surface area contributed by atoms with Gasteiger partial charge in [-0.2, -0.15) is 0 Å². The van der Waals surface area contributed by atoms with Crippen molar-refractivity contribution in [2.24, 2.45) is 0 Å². The van der Waals surface area contributed by atoms with Crippen LogP contribution in [-0.2, 0) is 0 Å². The third-order valence-corrected chi connectivity index (χ3v) is 1.63. The highest BCUT2D eigenvalue weighted by molar-refractivity contribution is 5.51. The SMILES string of the molecule is CNc1ccc(C)c(OC#N)c1. The molecule has 3 nitrogen and oxygen atoms in total. The minimum absolute atomic E-state index is 0.601. The number of nitrogens with one attached hydrogen (secondary N) is 1. The highest BCUT2D eigenvalue weighted by Gasteiger charge is 1.99. The van der Waals surface area contributed by atoms with Gasteiger partial charge in [-0.1, -0.05) is 6.07 Å². The van der Waals surface area contributed by atoms with Gasteiger partial charge in [0, 0.05) is 18.8 Å². The van der Waals surface area contributed by atoms with E-state index in [2.05, 4.69) is 5.32 Å². The predicted molar refractivity (Wildman–Crippen MR) is 47.0 cm³/mol. The summed E-state index contributed by atoms with van der Waals surface area (Å²) in [5.41, 5.74) is 1.89. The zero-order chi connectivity index (χ0) is 8.97. The summed E-state index contributed by atoms with van der Waals surface area (Å²) < 4.78 is 4.74. The first kappa shape index (κ1) is 8.41. The van der Waals surface area contributed by atoms with E-state index in [1.54, 1.807) is 12.3 Å². The lowest BCUT2D eigenvalue weighted by atomic mass is 10.2. The lowest BCUT2D eigenvalue weighted by Crippen LogP contribution is -1.91. The average Bonchev–Trinajstić information content (AvgIpc) is 2.09. The molecule has 0 aliphatic carbocycles. The molecule has 62 valence electrons. The third-order valence-electron chi connectivity index (χ3n) is 1.63. The maximum atomic E-state index is 8.32. The molecular formula is C9H10N2O. The molecule has 0 atom stereocenters. The summed E-state index contributed by atoms with van der Waals surface area (Å²) in [5, 5.41) is 11.3. The Labute approximate surface area is 71.6 Å². The summed E-state index contributed by atoms with van der Waals surface area (Å²) >= 11 is 0. The normalized spacial score (nSPS) is 8.75. The summed E-state index contributed by atoms with van der Waals surface area (Å²) in [6.45, 7) is 1.89. The molecule has 0 aliphatic heterocycles. The second-order valence-corrected chi connectivity index (χ2v) is 2.42. The fourth-order valence-corrected chi connectivity index (χ4v) is 0.915. The van der Waals surface area contributed by atoms with Crippen molar-refractivity contribution in [1.29, 1.82) is 5.26 Å². The number of nitrogens with zero attached hydrogens (tertiary/aromatic N) is 1. The van der Waals surface area contributed by atoms with Gasteiger partial charge < -0.3 is 10.1 Å². The van der Waals surface area contributed by atoms with Crippen molar-refractivity contribution in [3.8, 4) is 12.0 Å². The molecule has 1 aromatic rings. The van der Waals surface area contributed by atoms with E-state index in [4.69, 9.17) is 10.00 Å². The van der Waals surface area contributed by atoms with Crippen molar-refractivity contribution in [3.63, 3.8) is 0 Å². The number of benzene rings is 1.